The number of hydrazine groups is 1. The predicted molar refractivity (Wildman–Crippen MR) is 110 cm³/mol. The van der Waals surface area contributed by atoms with Gasteiger partial charge in [0.05, 0.1) is 30.1 Å². The molecule has 0 fully saturated rings. The summed E-state index contributed by atoms with van der Waals surface area (Å²) in [6.07, 6.45) is 2.98. The lowest BCUT2D eigenvalue weighted by molar-refractivity contribution is 0.595. The van der Waals surface area contributed by atoms with Gasteiger partial charge in [0.1, 0.15) is 5.82 Å². The van der Waals surface area contributed by atoms with E-state index in [4.69, 9.17) is 0 Å². The maximum atomic E-state index is 14.8. The highest BCUT2D eigenvalue weighted by molar-refractivity contribution is 5.72. The zero-order chi connectivity index (χ0) is 20.0. The summed E-state index contributed by atoms with van der Waals surface area (Å²) in [5.74, 6) is -0.365. The Morgan fingerprint density at radius 2 is 1.93 bits per heavy atom. The Hall–Kier alpha value is -3.58. The summed E-state index contributed by atoms with van der Waals surface area (Å²) in [4.78, 5) is 20.9. The van der Waals surface area contributed by atoms with Gasteiger partial charge < -0.3 is 5.43 Å². The van der Waals surface area contributed by atoms with E-state index in [1.807, 2.05) is 24.3 Å². The highest BCUT2D eigenvalue weighted by Gasteiger charge is 2.18. The van der Waals surface area contributed by atoms with Gasteiger partial charge in [0.15, 0.2) is 5.52 Å². The Morgan fingerprint density at radius 1 is 1.10 bits per heavy atom. The van der Waals surface area contributed by atoms with Gasteiger partial charge in [-0.3, -0.25) is 9.36 Å². The van der Waals surface area contributed by atoms with E-state index in [9.17, 15) is 9.18 Å². The second-order valence-electron chi connectivity index (χ2n) is 7.15. The van der Waals surface area contributed by atoms with Gasteiger partial charge in [0, 0.05) is 11.8 Å². The van der Waals surface area contributed by atoms with Crippen molar-refractivity contribution in [3.8, 4) is 11.1 Å². The molecule has 144 valence electrons. The van der Waals surface area contributed by atoms with Crippen LogP contribution in [0.1, 0.15) is 24.1 Å². The number of nitrogens with zero attached hydrogens (tertiary/aromatic N) is 3. The van der Waals surface area contributed by atoms with Gasteiger partial charge in [0.2, 0.25) is 0 Å². The van der Waals surface area contributed by atoms with Crippen LogP contribution in [0.2, 0.25) is 0 Å². The van der Waals surface area contributed by atoms with Crippen LogP contribution in [-0.4, -0.2) is 14.5 Å². The molecule has 0 radical (unpaired) electrons. The molecule has 7 heteroatoms. The zero-order valence-electron chi connectivity index (χ0n) is 15.7. The molecule has 0 saturated carbocycles. The first kappa shape index (κ1) is 17.5. The van der Waals surface area contributed by atoms with E-state index in [1.165, 1.54) is 22.5 Å². The van der Waals surface area contributed by atoms with Crippen LogP contribution in [0.25, 0.3) is 22.2 Å². The topological polar surface area (TPSA) is 71.8 Å². The molecule has 5 rings (SSSR count). The van der Waals surface area contributed by atoms with Crippen molar-refractivity contribution in [1.82, 2.24) is 20.0 Å². The average molecular weight is 387 g/mol. The van der Waals surface area contributed by atoms with E-state index in [0.29, 0.717) is 11.1 Å². The van der Waals surface area contributed by atoms with E-state index in [-0.39, 0.29) is 29.5 Å². The minimum absolute atomic E-state index is 0.0949. The molecule has 29 heavy (non-hydrogen) atoms. The second-order valence-corrected chi connectivity index (χ2v) is 7.15. The normalized spacial score (nSPS) is 15.3. The lowest BCUT2D eigenvalue weighted by Gasteiger charge is -2.10. The molecular formula is C22H18FN5O. The Balaban J connectivity index is 1.46. The van der Waals surface area contributed by atoms with Gasteiger partial charge in [-0.25, -0.2) is 19.8 Å². The van der Waals surface area contributed by atoms with Crippen LogP contribution in [0.3, 0.4) is 0 Å². The van der Waals surface area contributed by atoms with Crippen LogP contribution < -0.4 is 16.4 Å². The van der Waals surface area contributed by atoms with Crippen molar-refractivity contribution < 1.29 is 4.39 Å². The van der Waals surface area contributed by atoms with Crippen molar-refractivity contribution in [2.24, 2.45) is 0 Å². The van der Waals surface area contributed by atoms with E-state index in [1.54, 1.807) is 24.4 Å². The first-order valence-electron chi connectivity index (χ1n) is 9.34. The van der Waals surface area contributed by atoms with Crippen LogP contribution >= 0.6 is 0 Å². The Bertz CT molecular complexity index is 1300. The molecule has 3 heterocycles. The summed E-state index contributed by atoms with van der Waals surface area (Å²) in [7, 11) is 0. The largest absolute Gasteiger partial charge is 0.321 e. The minimum atomic E-state index is -0.365. The fraction of sp³-hybridized carbons (Fsp3) is 0.136. The summed E-state index contributed by atoms with van der Waals surface area (Å²) in [5, 5.41) is 0. The third-order valence-electron chi connectivity index (χ3n) is 5.26. The van der Waals surface area contributed by atoms with Crippen molar-refractivity contribution in [1.29, 1.82) is 0 Å². The first-order chi connectivity index (χ1) is 14.1. The first-order valence-corrected chi connectivity index (χ1v) is 9.34. The van der Waals surface area contributed by atoms with Gasteiger partial charge >= 0.3 is 0 Å². The molecular weight excluding hydrogens is 369 g/mol. The second kappa shape index (κ2) is 6.79. The predicted octanol–water partition coefficient (Wildman–Crippen LogP) is 3.64. The third-order valence-corrected chi connectivity index (χ3v) is 5.26. The van der Waals surface area contributed by atoms with E-state index in [2.05, 4.69) is 27.7 Å². The zero-order valence-corrected chi connectivity index (χ0v) is 15.7. The molecule has 1 atom stereocenters. The highest BCUT2D eigenvalue weighted by Crippen LogP contribution is 2.32. The number of pyridine rings is 1. The molecule has 1 aliphatic heterocycles. The van der Waals surface area contributed by atoms with Crippen molar-refractivity contribution in [3.05, 3.63) is 88.4 Å². The molecule has 4 aromatic rings. The minimum Gasteiger partial charge on any atom is -0.321 e. The number of aromatic nitrogens is 3. The van der Waals surface area contributed by atoms with Crippen molar-refractivity contribution in [2.45, 2.75) is 19.5 Å². The Kier molecular flexibility index (Phi) is 4.10. The number of anilines is 1. The summed E-state index contributed by atoms with van der Waals surface area (Å²) in [5.41, 5.74) is 11.1. The molecule has 0 saturated heterocycles. The highest BCUT2D eigenvalue weighted by atomic mass is 19.1. The molecule has 0 spiro atoms. The van der Waals surface area contributed by atoms with Crippen LogP contribution in [0.5, 0.6) is 0 Å². The summed E-state index contributed by atoms with van der Waals surface area (Å²) >= 11 is 0. The molecule has 6 nitrogen and oxygen atoms in total. The van der Waals surface area contributed by atoms with Crippen LogP contribution in [0, 0.1) is 5.82 Å². The third kappa shape index (κ3) is 3.05. The fourth-order valence-electron chi connectivity index (χ4n) is 3.62. The standard InChI is InChI=1S/C22H18FN5O/c1-13-17-7-6-15(10-20(17)27-26-13)14-4-5-16(18(23)9-14)11-28-12-25-19-3-2-8-24-21(19)22(28)29/h2-10,12-13,26-27H,11H2,1H3. The average Bonchev–Trinajstić information content (AvgIpc) is 3.12. The fourth-order valence-corrected chi connectivity index (χ4v) is 3.62. The van der Waals surface area contributed by atoms with Gasteiger partial charge in [-0.15, -0.1) is 0 Å². The molecule has 2 N–H and O–H groups in total. The number of hydrogen-bond donors (Lipinski definition) is 2. The summed E-state index contributed by atoms with van der Waals surface area (Å²) < 4.78 is 16.2. The number of fused-ring (bicyclic) bond motifs is 2. The number of benzene rings is 2. The molecule has 0 bridgehead atoms. The van der Waals surface area contributed by atoms with Crippen LogP contribution in [0.15, 0.2) is 65.8 Å². The Labute approximate surface area is 166 Å². The monoisotopic (exact) mass is 387 g/mol. The maximum absolute atomic E-state index is 14.8. The SMILES string of the molecule is CC1NNc2cc(-c3ccc(Cn4cnc5cccnc5c4=O)c(F)c3)ccc21. The van der Waals surface area contributed by atoms with E-state index < -0.39 is 0 Å². The van der Waals surface area contributed by atoms with E-state index in [0.717, 1.165) is 16.8 Å². The molecule has 1 unspecified atom stereocenters. The quantitative estimate of drug-likeness (QED) is 0.562. The molecule has 0 aliphatic carbocycles. The number of rotatable bonds is 3. The lowest BCUT2D eigenvalue weighted by Crippen LogP contribution is -2.22. The van der Waals surface area contributed by atoms with Gasteiger partial charge in [-0.1, -0.05) is 24.3 Å². The molecule has 2 aromatic heterocycles. The summed E-state index contributed by atoms with van der Waals surface area (Å²) in [6, 6.07) is 14.8. The van der Waals surface area contributed by atoms with E-state index >= 15 is 0 Å². The Morgan fingerprint density at radius 3 is 2.79 bits per heavy atom. The summed E-state index contributed by atoms with van der Waals surface area (Å²) in [6.45, 7) is 2.17. The van der Waals surface area contributed by atoms with Crippen molar-refractivity contribution in [3.63, 3.8) is 0 Å². The molecule has 0 amide bonds. The molecule has 1 aliphatic rings. The van der Waals surface area contributed by atoms with Gasteiger partial charge in [-0.2, -0.15) is 0 Å². The number of nitrogens with one attached hydrogen (secondary N) is 2. The molecule has 2 aromatic carbocycles. The number of hydrogen-bond acceptors (Lipinski definition) is 5. The van der Waals surface area contributed by atoms with Crippen LogP contribution in [-0.2, 0) is 6.54 Å². The smallest absolute Gasteiger partial charge is 0.280 e. The number of halogens is 1. The lowest BCUT2D eigenvalue weighted by atomic mass is 9.99. The van der Waals surface area contributed by atoms with Gasteiger partial charge in [-0.05, 0) is 47.9 Å². The van der Waals surface area contributed by atoms with Crippen molar-refractivity contribution in [2.75, 3.05) is 5.43 Å². The van der Waals surface area contributed by atoms with Crippen LogP contribution in [0.4, 0.5) is 10.1 Å². The van der Waals surface area contributed by atoms with Crippen molar-refractivity contribution >= 4 is 16.7 Å². The van der Waals surface area contributed by atoms with Gasteiger partial charge in [0.25, 0.3) is 5.56 Å². The maximum Gasteiger partial charge on any atom is 0.280 e.